The summed E-state index contributed by atoms with van der Waals surface area (Å²) in [5.41, 5.74) is 0.927. The lowest BCUT2D eigenvalue weighted by Gasteiger charge is -2.14. The van der Waals surface area contributed by atoms with E-state index in [0.29, 0.717) is 19.4 Å². The topological polar surface area (TPSA) is 79.3 Å². The number of carboxylic acid groups (broad SMARTS) is 1. The Kier molecular flexibility index (Phi) is 3.88. The predicted molar refractivity (Wildman–Crippen MR) is 79.9 cm³/mol. The molecule has 0 bridgehead atoms. The molecule has 2 unspecified atom stereocenters. The van der Waals surface area contributed by atoms with Crippen LogP contribution < -0.4 is 5.32 Å². The highest BCUT2D eigenvalue weighted by atomic mass is 32.1. The Balaban J connectivity index is 1.64. The summed E-state index contributed by atoms with van der Waals surface area (Å²) in [5.74, 6) is -1.98. The van der Waals surface area contributed by atoms with Gasteiger partial charge in [0, 0.05) is 0 Å². The highest BCUT2D eigenvalue weighted by molar-refractivity contribution is 7.18. The van der Waals surface area contributed by atoms with Crippen molar-refractivity contribution in [1.82, 2.24) is 10.3 Å². The van der Waals surface area contributed by atoms with Gasteiger partial charge in [-0.15, -0.1) is 11.3 Å². The van der Waals surface area contributed by atoms with Crippen LogP contribution in [-0.2, 0) is 16.1 Å². The van der Waals surface area contributed by atoms with Crippen molar-refractivity contribution >= 4 is 33.4 Å². The molecule has 110 valence electrons. The number of benzene rings is 1. The zero-order valence-corrected chi connectivity index (χ0v) is 12.2. The molecule has 3 rings (SSSR count). The second kappa shape index (κ2) is 5.81. The number of thiazole rings is 1. The Morgan fingerprint density at radius 2 is 2.05 bits per heavy atom. The van der Waals surface area contributed by atoms with Crippen LogP contribution in [0.4, 0.5) is 0 Å². The molecule has 2 N–H and O–H groups in total. The Labute approximate surface area is 126 Å². The van der Waals surface area contributed by atoms with Crippen molar-refractivity contribution in [2.24, 2.45) is 11.8 Å². The molecule has 1 aromatic heterocycles. The van der Waals surface area contributed by atoms with E-state index < -0.39 is 17.8 Å². The summed E-state index contributed by atoms with van der Waals surface area (Å²) < 4.78 is 1.09. The number of nitrogens with one attached hydrogen (secondary N) is 1. The quantitative estimate of drug-likeness (QED) is 0.909. The zero-order chi connectivity index (χ0) is 14.8. The molecule has 0 radical (unpaired) electrons. The van der Waals surface area contributed by atoms with E-state index in [0.717, 1.165) is 21.6 Å². The molecule has 1 saturated carbocycles. The molecular weight excluding hydrogens is 288 g/mol. The highest BCUT2D eigenvalue weighted by Gasteiger charge is 2.37. The molecule has 2 aromatic rings. The first-order valence-electron chi connectivity index (χ1n) is 7.00. The highest BCUT2D eigenvalue weighted by Crippen LogP contribution is 2.32. The van der Waals surface area contributed by atoms with Gasteiger partial charge in [-0.3, -0.25) is 9.59 Å². The van der Waals surface area contributed by atoms with Crippen molar-refractivity contribution in [3.05, 3.63) is 29.3 Å². The molecule has 0 spiro atoms. The monoisotopic (exact) mass is 304 g/mol. The lowest BCUT2D eigenvalue weighted by atomic mass is 9.95. The van der Waals surface area contributed by atoms with Crippen LogP contribution in [0.25, 0.3) is 10.2 Å². The first-order chi connectivity index (χ1) is 10.1. The van der Waals surface area contributed by atoms with Crippen molar-refractivity contribution in [2.75, 3.05) is 0 Å². The number of aliphatic carboxylic acids is 1. The fourth-order valence-electron chi connectivity index (χ4n) is 2.86. The lowest BCUT2D eigenvalue weighted by molar-refractivity contribution is -0.146. The summed E-state index contributed by atoms with van der Waals surface area (Å²) >= 11 is 1.55. The number of carboxylic acids is 1. The second-order valence-corrected chi connectivity index (χ2v) is 6.39. The molecule has 5 nitrogen and oxygen atoms in total. The van der Waals surface area contributed by atoms with Gasteiger partial charge < -0.3 is 10.4 Å². The summed E-state index contributed by atoms with van der Waals surface area (Å²) in [5, 5.41) is 12.8. The van der Waals surface area contributed by atoms with E-state index in [9.17, 15) is 9.59 Å². The number of fused-ring (bicyclic) bond motifs is 1. The van der Waals surface area contributed by atoms with Gasteiger partial charge in [-0.1, -0.05) is 18.6 Å². The molecule has 1 amide bonds. The van der Waals surface area contributed by atoms with Gasteiger partial charge in [0.25, 0.3) is 0 Å². The van der Waals surface area contributed by atoms with Gasteiger partial charge in [0.05, 0.1) is 28.6 Å². The number of nitrogens with zero attached hydrogens (tertiary/aromatic N) is 1. The van der Waals surface area contributed by atoms with Gasteiger partial charge >= 0.3 is 5.97 Å². The van der Waals surface area contributed by atoms with E-state index in [1.54, 1.807) is 11.3 Å². The van der Waals surface area contributed by atoms with E-state index >= 15 is 0 Å². The van der Waals surface area contributed by atoms with Crippen LogP contribution in [-0.4, -0.2) is 22.0 Å². The van der Waals surface area contributed by atoms with E-state index in [-0.39, 0.29) is 5.91 Å². The van der Waals surface area contributed by atoms with Crippen LogP contribution in [0.3, 0.4) is 0 Å². The molecule has 1 aromatic carbocycles. The minimum Gasteiger partial charge on any atom is -0.481 e. The molecule has 1 fully saturated rings. The van der Waals surface area contributed by atoms with Gasteiger partial charge in [0.1, 0.15) is 5.01 Å². The number of carbonyl (C=O) groups excluding carboxylic acids is 1. The third-order valence-corrected chi connectivity index (χ3v) is 4.96. The van der Waals surface area contributed by atoms with E-state index in [1.807, 2.05) is 24.3 Å². The fourth-order valence-corrected chi connectivity index (χ4v) is 3.77. The van der Waals surface area contributed by atoms with Gasteiger partial charge in [-0.2, -0.15) is 0 Å². The first-order valence-corrected chi connectivity index (χ1v) is 7.82. The Hall–Kier alpha value is -1.95. The Bertz CT molecular complexity index is 649. The summed E-state index contributed by atoms with van der Waals surface area (Å²) in [6.07, 6.45) is 2.05. The minimum atomic E-state index is -0.868. The normalized spacial score (nSPS) is 21.5. The minimum absolute atomic E-state index is 0.167. The average Bonchev–Trinajstić information content (AvgIpc) is 3.10. The van der Waals surface area contributed by atoms with Gasteiger partial charge in [0.15, 0.2) is 0 Å². The maximum absolute atomic E-state index is 12.2. The molecule has 0 aliphatic heterocycles. The third-order valence-electron chi connectivity index (χ3n) is 3.92. The average molecular weight is 304 g/mol. The van der Waals surface area contributed by atoms with Gasteiger partial charge in [-0.05, 0) is 25.0 Å². The van der Waals surface area contributed by atoms with Gasteiger partial charge in [-0.25, -0.2) is 4.98 Å². The smallest absolute Gasteiger partial charge is 0.307 e. The van der Waals surface area contributed by atoms with Crippen molar-refractivity contribution in [2.45, 2.75) is 25.8 Å². The van der Waals surface area contributed by atoms with Crippen molar-refractivity contribution < 1.29 is 14.7 Å². The van der Waals surface area contributed by atoms with Crippen LogP contribution in [0.5, 0.6) is 0 Å². The molecule has 21 heavy (non-hydrogen) atoms. The fraction of sp³-hybridized carbons (Fsp3) is 0.400. The molecule has 1 aliphatic rings. The van der Waals surface area contributed by atoms with Crippen LogP contribution in [0.2, 0.25) is 0 Å². The molecular formula is C15H16N2O3S. The van der Waals surface area contributed by atoms with E-state index in [1.165, 1.54) is 0 Å². The SMILES string of the molecule is O=C(O)C1CCCC1C(=O)NCc1nc2ccccc2s1. The van der Waals surface area contributed by atoms with Crippen LogP contribution in [0.15, 0.2) is 24.3 Å². The Morgan fingerprint density at radius 1 is 1.29 bits per heavy atom. The largest absolute Gasteiger partial charge is 0.481 e. The van der Waals surface area contributed by atoms with Crippen molar-refractivity contribution in [3.63, 3.8) is 0 Å². The first kappa shape index (κ1) is 14.0. The summed E-state index contributed by atoms with van der Waals surface area (Å²) in [7, 11) is 0. The molecule has 1 aliphatic carbocycles. The summed E-state index contributed by atoms with van der Waals surface area (Å²) in [4.78, 5) is 27.7. The number of para-hydroxylation sites is 1. The van der Waals surface area contributed by atoms with Crippen LogP contribution in [0.1, 0.15) is 24.3 Å². The molecule has 0 saturated heterocycles. The predicted octanol–water partition coefficient (Wildman–Crippen LogP) is 2.41. The lowest BCUT2D eigenvalue weighted by Crippen LogP contribution is -2.34. The number of amides is 1. The zero-order valence-electron chi connectivity index (χ0n) is 11.4. The van der Waals surface area contributed by atoms with E-state index in [4.69, 9.17) is 5.11 Å². The summed E-state index contributed by atoms with van der Waals surface area (Å²) in [6, 6.07) is 7.82. The van der Waals surface area contributed by atoms with Crippen LogP contribution in [0, 0.1) is 11.8 Å². The maximum atomic E-state index is 12.2. The number of rotatable bonds is 4. The van der Waals surface area contributed by atoms with Crippen molar-refractivity contribution in [3.8, 4) is 0 Å². The standard InChI is InChI=1S/C15H16N2O3S/c18-14(9-4-3-5-10(9)15(19)20)16-8-13-17-11-6-1-2-7-12(11)21-13/h1-2,6-7,9-10H,3-5,8H2,(H,16,18)(H,19,20). The maximum Gasteiger partial charge on any atom is 0.307 e. The van der Waals surface area contributed by atoms with Crippen LogP contribution >= 0.6 is 11.3 Å². The molecule has 6 heteroatoms. The number of carbonyl (C=O) groups is 2. The number of hydrogen-bond acceptors (Lipinski definition) is 4. The summed E-state index contributed by atoms with van der Waals surface area (Å²) in [6.45, 7) is 0.362. The second-order valence-electron chi connectivity index (χ2n) is 5.28. The Morgan fingerprint density at radius 3 is 2.81 bits per heavy atom. The van der Waals surface area contributed by atoms with Crippen molar-refractivity contribution in [1.29, 1.82) is 0 Å². The molecule has 2 atom stereocenters. The number of aromatic nitrogens is 1. The molecule has 1 heterocycles. The third kappa shape index (κ3) is 2.90. The number of hydrogen-bond donors (Lipinski definition) is 2. The van der Waals surface area contributed by atoms with Gasteiger partial charge in [0.2, 0.25) is 5.91 Å². The van der Waals surface area contributed by atoms with E-state index in [2.05, 4.69) is 10.3 Å².